The van der Waals surface area contributed by atoms with Gasteiger partial charge in [-0.1, -0.05) is 12.1 Å². The summed E-state index contributed by atoms with van der Waals surface area (Å²) in [6, 6.07) is 12.7. The molecule has 0 spiro atoms. The highest BCUT2D eigenvalue weighted by atomic mass is 32.1. The molecule has 0 amide bonds. The summed E-state index contributed by atoms with van der Waals surface area (Å²) in [6.07, 6.45) is 8.19. The summed E-state index contributed by atoms with van der Waals surface area (Å²) in [6.45, 7) is 0. The van der Waals surface area contributed by atoms with Crippen LogP contribution < -0.4 is 0 Å². The van der Waals surface area contributed by atoms with Gasteiger partial charge in [-0.25, -0.2) is 0 Å². The van der Waals surface area contributed by atoms with E-state index in [1.165, 1.54) is 15.4 Å². The minimum atomic E-state index is -0.420. The zero-order valence-electron chi connectivity index (χ0n) is 10.6. The van der Waals surface area contributed by atoms with E-state index in [4.69, 9.17) is 4.99 Å². The van der Waals surface area contributed by atoms with Crippen LogP contribution in [0.3, 0.4) is 0 Å². The highest BCUT2D eigenvalue weighted by Gasteiger charge is 2.34. The molecule has 1 unspecified atom stereocenters. The molecular formula is C16H12N2S2. The van der Waals surface area contributed by atoms with Gasteiger partial charge in [0.15, 0.2) is 5.66 Å². The van der Waals surface area contributed by atoms with Crippen molar-refractivity contribution in [1.29, 1.82) is 0 Å². The Morgan fingerprint density at radius 2 is 1.90 bits per heavy atom. The van der Waals surface area contributed by atoms with Gasteiger partial charge in [0.1, 0.15) is 0 Å². The molecular weight excluding hydrogens is 284 g/mol. The zero-order valence-corrected chi connectivity index (χ0v) is 12.3. The lowest BCUT2D eigenvalue weighted by Gasteiger charge is -2.27. The highest BCUT2D eigenvalue weighted by molar-refractivity contribution is 7.13. The molecule has 0 N–H and O–H groups in total. The predicted molar refractivity (Wildman–Crippen MR) is 86.8 cm³/mol. The molecule has 0 radical (unpaired) electrons. The smallest absolute Gasteiger partial charge is 0.190 e. The molecule has 4 heteroatoms. The quantitative estimate of drug-likeness (QED) is 0.671. The predicted octanol–water partition coefficient (Wildman–Crippen LogP) is 4.62. The normalized spacial score (nSPS) is 20.8. The average Bonchev–Trinajstić information content (AvgIpc) is 3.23. The summed E-state index contributed by atoms with van der Waals surface area (Å²) in [5.41, 5.74) is 0.786. The third-order valence-electron chi connectivity index (χ3n) is 3.46. The summed E-state index contributed by atoms with van der Waals surface area (Å²) < 4.78 is 2.25. The van der Waals surface area contributed by atoms with Crippen molar-refractivity contribution in [3.05, 3.63) is 70.4 Å². The van der Waals surface area contributed by atoms with E-state index >= 15 is 0 Å². The van der Waals surface area contributed by atoms with Gasteiger partial charge in [-0.05, 0) is 47.2 Å². The number of allylic oxidation sites excluding steroid dienone is 1. The molecule has 1 atom stereocenters. The Morgan fingerprint density at radius 1 is 1.00 bits per heavy atom. The SMILES string of the molecule is C1=CC(c2cccs2)(n2cccc2-c2cccs2)N=C1. The standard InChI is InChI=1S/C16H12N2S2/c1-5-13(14-6-2-11-19-14)18(10-1)16(8-4-9-17-16)15-7-3-12-20-15/h1-12H. The summed E-state index contributed by atoms with van der Waals surface area (Å²) in [5, 5.41) is 4.21. The van der Waals surface area contributed by atoms with Crippen LogP contribution in [0.4, 0.5) is 0 Å². The van der Waals surface area contributed by atoms with Crippen molar-refractivity contribution in [2.24, 2.45) is 4.99 Å². The van der Waals surface area contributed by atoms with Crippen molar-refractivity contribution in [2.75, 3.05) is 0 Å². The van der Waals surface area contributed by atoms with Crippen molar-refractivity contribution in [1.82, 2.24) is 4.57 Å². The van der Waals surface area contributed by atoms with Gasteiger partial charge >= 0.3 is 0 Å². The van der Waals surface area contributed by atoms with Crippen molar-refractivity contribution >= 4 is 28.9 Å². The van der Waals surface area contributed by atoms with E-state index < -0.39 is 5.66 Å². The van der Waals surface area contributed by atoms with Gasteiger partial charge in [-0.2, -0.15) is 0 Å². The van der Waals surface area contributed by atoms with Crippen LogP contribution in [0.5, 0.6) is 0 Å². The molecule has 0 saturated heterocycles. The van der Waals surface area contributed by atoms with Crippen LogP contribution in [0.25, 0.3) is 10.6 Å². The molecule has 0 aromatic carbocycles. The molecule has 0 bridgehead atoms. The molecule has 4 heterocycles. The summed E-state index contributed by atoms with van der Waals surface area (Å²) in [5.74, 6) is 0. The minimum absolute atomic E-state index is 0.420. The first kappa shape index (κ1) is 11.9. The highest BCUT2D eigenvalue weighted by Crippen LogP contribution is 2.39. The number of hydrogen-bond acceptors (Lipinski definition) is 3. The van der Waals surface area contributed by atoms with Crippen molar-refractivity contribution in [3.8, 4) is 10.6 Å². The van der Waals surface area contributed by atoms with Gasteiger partial charge in [0.25, 0.3) is 0 Å². The molecule has 20 heavy (non-hydrogen) atoms. The number of aromatic nitrogens is 1. The van der Waals surface area contributed by atoms with E-state index in [2.05, 4.69) is 64.0 Å². The van der Waals surface area contributed by atoms with Crippen molar-refractivity contribution in [3.63, 3.8) is 0 Å². The molecule has 2 nitrogen and oxygen atoms in total. The molecule has 3 aromatic heterocycles. The van der Waals surface area contributed by atoms with Gasteiger partial charge < -0.3 is 4.57 Å². The summed E-state index contributed by atoms with van der Waals surface area (Å²) in [4.78, 5) is 7.26. The van der Waals surface area contributed by atoms with Gasteiger partial charge in [0.2, 0.25) is 0 Å². The lowest BCUT2D eigenvalue weighted by atomic mass is 10.1. The van der Waals surface area contributed by atoms with Gasteiger partial charge in [-0.3, -0.25) is 4.99 Å². The summed E-state index contributed by atoms with van der Waals surface area (Å²) in [7, 11) is 0. The second kappa shape index (κ2) is 4.58. The first-order chi connectivity index (χ1) is 9.90. The number of aliphatic imine (C=N–C) groups is 1. The third kappa shape index (κ3) is 1.65. The first-order valence-electron chi connectivity index (χ1n) is 6.39. The lowest BCUT2D eigenvalue weighted by molar-refractivity contribution is 0.497. The maximum absolute atomic E-state index is 4.76. The van der Waals surface area contributed by atoms with Crippen LogP contribution in [0.15, 0.2) is 70.5 Å². The van der Waals surface area contributed by atoms with E-state index in [0.29, 0.717) is 0 Å². The monoisotopic (exact) mass is 296 g/mol. The van der Waals surface area contributed by atoms with E-state index in [9.17, 15) is 0 Å². The minimum Gasteiger partial charge on any atom is -0.314 e. The fourth-order valence-electron chi connectivity index (χ4n) is 2.58. The molecule has 98 valence electrons. The van der Waals surface area contributed by atoms with E-state index in [0.717, 1.165) is 0 Å². The number of thiophene rings is 2. The fourth-order valence-corrected chi connectivity index (χ4v) is 4.18. The van der Waals surface area contributed by atoms with Crippen molar-refractivity contribution in [2.45, 2.75) is 5.66 Å². The third-order valence-corrected chi connectivity index (χ3v) is 5.34. The maximum Gasteiger partial charge on any atom is 0.190 e. The Kier molecular flexibility index (Phi) is 2.72. The molecule has 1 aliphatic heterocycles. The molecule has 3 aromatic rings. The van der Waals surface area contributed by atoms with Crippen LogP contribution in [-0.2, 0) is 5.66 Å². The maximum atomic E-state index is 4.76. The molecule has 0 fully saturated rings. The fraction of sp³-hybridized carbons (Fsp3) is 0.0625. The van der Waals surface area contributed by atoms with Gasteiger partial charge in [0.05, 0.1) is 15.4 Å². The van der Waals surface area contributed by atoms with Crippen LogP contribution in [0.1, 0.15) is 4.88 Å². The molecule has 1 aliphatic rings. The first-order valence-corrected chi connectivity index (χ1v) is 8.15. The van der Waals surface area contributed by atoms with Gasteiger partial charge in [-0.15, -0.1) is 22.7 Å². The van der Waals surface area contributed by atoms with Crippen LogP contribution in [0, 0.1) is 0 Å². The molecule has 0 saturated carbocycles. The van der Waals surface area contributed by atoms with Gasteiger partial charge in [0, 0.05) is 12.4 Å². The van der Waals surface area contributed by atoms with Crippen LogP contribution >= 0.6 is 22.7 Å². The average molecular weight is 296 g/mol. The Hall–Kier alpha value is -1.91. The Labute approximate surface area is 125 Å². The summed E-state index contributed by atoms with van der Waals surface area (Å²) >= 11 is 3.50. The number of nitrogens with zero attached hydrogens (tertiary/aromatic N) is 2. The number of rotatable bonds is 3. The Morgan fingerprint density at radius 3 is 2.60 bits per heavy atom. The van der Waals surface area contributed by atoms with E-state index in [1.807, 2.05) is 12.3 Å². The topological polar surface area (TPSA) is 17.3 Å². The zero-order chi connectivity index (χ0) is 13.4. The number of hydrogen-bond donors (Lipinski definition) is 0. The molecule has 0 aliphatic carbocycles. The second-order valence-corrected chi connectivity index (χ2v) is 6.48. The van der Waals surface area contributed by atoms with Crippen molar-refractivity contribution < 1.29 is 0 Å². The van der Waals surface area contributed by atoms with Crippen LogP contribution in [0.2, 0.25) is 0 Å². The Bertz CT molecular complexity index is 749. The van der Waals surface area contributed by atoms with E-state index in [1.54, 1.807) is 22.7 Å². The second-order valence-electron chi connectivity index (χ2n) is 4.58. The Balaban J connectivity index is 1.94. The molecule has 4 rings (SSSR count). The lowest BCUT2D eigenvalue weighted by Crippen LogP contribution is -2.28. The van der Waals surface area contributed by atoms with E-state index in [-0.39, 0.29) is 0 Å². The van der Waals surface area contributed by atoms with Crippen LogP contribution in [-0.4, -0.2) is 10.8 Å². The largest absolute Gasteiger partial charge is 0.314 e.